The molecule has 0 N–H and O–H groups in total. The number of para-hydroxylation sites is 3. The molecular formula is C50H45BN2O2. The Kier molecular flexibility index (Phi) is 6.27. The first-order valence-electron chi connectivity index (χ1n) is 19.7. The Bertz CT molecular complexity index is 3120. The van der Waals surface area contributed by atoms with Gasteiger partial charge in [0.2, 0.25) is 0 Å². The summed E-state index contributed by atoms with van der Waals surface area (Å²) >= 11 is 0. The number of hydrogen-bond donors (Lipinski definition) is 0. The summed E-state index contributed by atoms with van der Waals surface area (Å²) in [7, 11) is 0. The lowest BCUT2D eigenvalue weighted by Crippen LogP contribution is -2.60. The van der Waals surface area contributed by atoms with Gasteiger partial charge in [-0.1, -0.05) is 123 Å². The summed E-state index contributed by atoms with van der Waals surface area (Å²) in [6, 6.07) is 40.7. The van der Waals surface area contributed by atoms with Crippen LogP contribution in [0.25, 0.3) is 60.6 Å². The summed E-state index contributed by atoms with van der Waals surface area (Å²) < 4.78 is 16.3. The topological polar surface area (TPSA) is 34.5 Å². The third-order valence-corrected chi connectivity index (χ3v) is 12.4. The summed E-state index contributed by atoms with van der Waals surface area (Å²) in [5.41, 5.74) is 18.4. The predicted octanol–water partition coefficient (Wildman–Crippen LogP) is 11.9. The number of rotatable bonds is 1. The van der Waals surface area contributed by atoms with Gasteiger partial charge in [0.15, 0.2) is 11.2 Å². The van der Waals surface area contributed by atoms with E-state index in [0.29, 0.717) is 0 Å². The highest BCUT2D eigenvalue weighted by atomic mass is 16.3. The second-order valence-corrected chi connectivity index (χ2v) is 19.0. The van der Waals surface area contributed by atoms with Crippen molar-refractivity contribution in [3.63, 3.8) is 0 Å². The molecule has 0 fully saturated rings. The van der Waals surface area contributed by atoms with Crippen LogP contribution < -0.4 is 21.3 Å². The molecule has 0 saturated carbocycles. The van der Waals surface area contributed by atoms with Crippen molar-refractivity contribution in [1.82, 2.24) is 4.57 Å². The highest BCUT2D eigenvalue weighted by Gasteiger charge is 2.45. The van der Waals surface area contributed by atoms with Gasteiger partial charge in [0.1, 0.15) is 16.7 Å². The fourth-order valence-electron chi connectivity index (χ4n) is 9.47. The van der Waals surface area contributed by atoms with E-state index in [-0.39, 0.29) is 23.0 Å². The van der Waals surface area contributed by atoms with Crippen LogP contribution >= 0.6 is 0 Å². The first kappa shape index (κ1) is 32.7. The second-order valence-electron chi connectivity index (χ2n) is 19.0. The van der Waals surface area contributed by atoms with Crippen molar-refractivity contribution in [2.75, 3.05) is 4.90 Å². The van der Waals surface area contributed by atoms with Crippen molar-refractivity contribution < 1.29 is 8.83 Å². The summed E-state index contributed by atoms with van der Waals surface area (Å²) in [5.74, 6) is 0. The van der Waals surface area contributed by atoms with Crippen LogP contribution in [0.4, 0.5) is 17.1 Å². The molecule has 5 heterocycles. The minimum Gasteiger partial charge on any atom is -0.454 e. The lowest BCUT2D eigenvalue weighted by molar-refractivity contribution is 0.589. The Balaban J connectivity index is 1.36. The van der Waals surface area contributed by atoms with Gasteiger partial charge in [-0.25, -0.2) is 0 Å². The number of hydrogen-bond acceptors (Lipinski definition) is 3. The fourth-order valence-corrected chi connectivity index (χ4v) is 9.47. The first-order chi connectivity index (χ1) is 26.2. The fraction of sp³-hybridized carbons (Fsp3) is 0.240. The van der Waals surface area contributed by atoms with E-state index in [9.17, 15) is 0 Å². The number of nitrogens with zero attached hydrogens (tertiary/aromatic N) is 2. The number of anilines is 3. The van der Waals surface area contributed by atoms with Gasteiger partial charge in [-0.05, 0) is 97.9 Å². The third-order valence-electron chi connectivity index (χ3n) is 12.4. The van der Waals surface area contributed by atoms with E-state index in [1.807, 2.05) is 0 Å². The maximum atomic E-state index is 6.87. The molecule has 0 atom stereocenters. The third kappa shape index (κ3) is 4.41. The molecule has 5 heteroatoms. The van der Waals surface area contributed by atoms with Crippen LogP contribution in [0, 0.1) is 0 Å². The maximum absolute atomic E-state index is 6.87. The van der Waals surface area contributed by atoms with Crippen LogP contribution in [-0.4, -0.2) is 11.3 Å². The predicted molar refractivity (Wildman–Crippen MR) is 233 cm³/mol. The summed E-state index contributed by atoms with van der Waals surface area (Å²) in [6.45, 7) is 20.9. The molecule has 0 saturated heterocycles. The van der Waals surface area contributed by atoms with Crippen molar-refractivity contribution in [2.45, 2.75) is 78.6 Å². The number of fused-ring (bicyclic) bond motifs is 12. The molecule has 9 aromatic rings. The van der Waals surface area contributed by atoms with Crippen LogP contribution in [0.5, 0.6) is 0 Å². The van der Waals surface area contributed by atoms with Gasteiger partial charge in [-0.2, -0.15) is 0 Å². The molecule has 0 spiro atoms. The average Bonchev–Trinajstić information content (AvgIpc) is 3.81. The van der Waals surface area contributed by atoms with Crippen LogP contribution in [0.2, 0.25) is 0 Å². The normalized spacial score (nSPS) is 14.2. The van der Waals surface area contributed by atoms with Gasteiger partial charge < -0.3 is 18.3 Å². The van der Waals surface area contributed by atoms with Crippen LogP contribution in [0.1, 0.15) is 79.0 Å². The molecule has 11 rings (SSSR count). The van der Waals surface area contributed by atoms with Gasteiger partial charge >= 0.3 is 0 Å². The molecule has 3 aromatic heterocycles. The molecule has 55 heavy (non-hydrogen) atoms. The molecule has 0 bridgehead atoms. The van der Waals surface area contributed by atoms with Gasteiger partial charge in [0, 0.05) is 38.6 Å². The molecular weight excluding hydrogens is 671 g/mol. The monoisotopic (exact) mass is 716 g/mol. The molecule has 4 nitrogen and oxygen atoms in total. The molecule has 0 amide bonds. The van der Waals surface area contributed by atoms with E-state index in [0.717, 1.165) is 49.7 Å². The lowest BCUT2D eigenvalue weighted by atomic mass is 9.33. The van der Waals surface area contributed by atoms with Crippen molar-refractivity contribution in [1.29, 1.82) is 0 Å². The van der Waals surface area contributed by atoms with Gasteiger partial charge in [-0.3, -0.25) is 0 Å². The van der Waals surface area contributed by atoms with Crippen molar-refractivity contribution >= 4 is 95.1 Å². The zero-order valence-corrected chi connectivity index (χ0v) is 33.2. The molecule has 0 radical (unpaired) electrons. The van der Waals surface area contributed by atoms with Gasteiger partial charge in [0.05, 0.1) is 11.2 Å². The molecule has 2 aliphatic rings. The van der Waals surface area contributed by atoms with Crippen molar-refractivity contribution in [3.8, 4) is 5.69 Å². The van der Waals surface area contributed by atoms with E-state index in [2.05, 4.69) is 181 Å². The minimum absolute atomic E-state index is 0.0109. The molecule has 270 valence electrons. The highest BCUT2D eigenvalue weighted by molar-refractivity contribution is 7.00. The Morgan fingerprint density at radius 1 is 0.436 bits per heavy atom. The Morgan fingerprint density at radius 3 is 1.76 bits per heavy atom. The molecule has 0 unspecified atom stereocenters. The quantitative estimate of drug-likeness (QED) is 0.159. The standard InChI is InChI=1S/C50H45BN2O2/c1-48(2,3)28-21-22-35-38(25-28)52(37-18-14-17-32-31-15-10-12-19-41(31)54-46(32)37)39-26-30(50(7,8)9)27-40-43(39)51(35)36-24-29(49(4,5)6)23-34-44(36)53(40)45-33-16-11-13-20-42(33)55-47(34)45/h10-27H,1-9H3. The molecule has 6 aromatic carbocycles. The smallest absolute Gasteiger partial charge is 0.252 e. The summed E-state index contributed by atoms with van der Waals surface area (Å²) in [4.78, 5) is 2.53. The van der Waals surface area contributed by atoms with E-state index >= 15 is 0 Å². The van der Waals surface area contributed by atoms with Crippen LogP contribution in [-0.2, 0) is 16.2 Å². The van der Waals surface area contributed by atoms with E-state index < -0.39 is 0 Å². The Morgan fingerprint density at radius 2 is 1.04 bits per heavy atom. The Hall–Kier alpha value is -5.68. The number of furan rings is 2. The summed E-state index contributed by atoms with van der Waals surface area (Å²) in [5, 5.41) is 4.59. The first-order valence-corrected chi connectivity index (χ1v) is 19.7. The van der Waals surface area contributed by atoms with E-state index in [1.165, 1.54) is 61.0 Å². The highest BCUT2D eigenvalue weighted by Crippen LogP contribution is 2.48. The summed E-state index contributed by atoms with van der Waals surface area (Å²) in [6.07, 6.45) is 0. The largest absolute Gasteiger partial charge is 0.454 e. The van der Waals surface area contributed by atoms with Crippen LogP contribution in [0.3, 0.4) is 0 Å². The SMILES string of the molecule is CC(C)(C)c1ccc2c(c1)N(c1cccc3c1oc1ccccc13)c1cc(C(C)(C)C)cc3c1B2c1cc(C(C)(C)C)cc2c4oc5ccccc5c4n-3c12. The minimum atomic E-state index is -0.119. The maximum Gasteiger partial charge on any atom is 0.252 e. The molecule has 2 aliphatic heterocycles. The number of aromatic nitrogens is 1. The zero-order chi connectivity index (χ0) is 37.9. The van der Waals surface area contributed by atoms with Crippen molar-refractivity contribution in [3.05, 3.63) is 126 Å². The van der Waals surface area contributed by atoms with Crippen LogP contribution in [0.15, 0.2) is 118 Å². The second kappa shape index (κ2) is 10.5. The Labute approximate surface area is 322 Å². The van der Waals surface area contributed by atoms with E-state index in [1.54, 1.807) is 0 Å². The zero-order valence-electron chi connectivity index (χ0n) is 33.2. The van der Waals surface area contributed by atoms with Crippen molar-refractivity contribution in [2.24, 2.45) is 0 Å². The molecule has 0 aliphatic carbocycles. The lowest BCUT2D eigenvalue weighted by Gasteiger charge is -2.42. The number of benzene rings is 6. The van der Waals surface area contributed by atoms with E-state index in [4.69, 9.17) is 8.83 Å². The average molecular weight is 717 g/mol. The van der Waals surface area contributed by atoms with Gasteiger partial charge in [-0.15, -0.1) is 0 Å². The van der Waals surface area contributed by atoms with Gasteiger partial charge in [0.25, 0.3) is 6.71 Å².